The minimum atomic E-state index is -5.16. The highest BCUT2D eigenvalue weighted by atomic mass is 19.4. The van der Waals surface area contributed by atoms with Gasteiger partial charge in [-0.2, -0.15) is 0 Å². The maximum Gasteiger partial charge on any atom is 0.573 e. The fourth-order valence-corrected chi connectivity index (χ4v) is 2.40. The molecule has 2 unspecified atom stereocenters. The van der Waals surface area contributed by atoms with Crippen molar-refractivity contribution < 1.29 is 47.6 Å². The average molecular weight is 429 g/mol. The van der Waals surface area contributed by atoms with Crippen molar-refractivity contribution in [3.63, 3.8) is 0 Å². The van der Waals surface area contributed by atoms with E-state index in [4.69, 9.17) is 9.84 Å². The number of carbonyl (C=O) groups is 2. The second kappa shape index (κ2) is 9.94. The normalized spacial score (nSPS) is 13.2. The van der Waals surface area contributed by atoms with Crippen LogP contribution in [0.5, 0.6) is 5.75 Å². The molecule has 2 rings (SSSR count). The summed E-state index contributed by atoms with van der Waals surface area (Å²) in [6, 6.07) is 11.2. The van der Waals surface area contributed by atoms with Gasteiger partial charge in [-0.05, 0) is 23.3 Å². The summed E-state index contributed by atoms with van der Waals surface area (Å²) in [5, 5.41) is 31.3. The second-order valence-electron chi connectivity index (χ2n) is 6.06. The molecule has 0 fully saturated rings. The van der Waals surface area contributed by atoms with Gasteiger partial charge < -0.3 is 30.1 Å². The summed E-state index contributed by atoms with van der Waals surface area (Å²) in [6.07, 6.45) is -9.40. The quantitative estimate of drug-likeness (QED) is 0.508. The summed E-state index contributed by atoms with van der Waals surface area (Å²) in [6.45, 7) is -0.509. The molecular weight excluding hydrogens is 411 g/mol. The number of benzene rings is 2. The van der Waals surface area contributed by atoms with E-state index < -0.39 is 48.5 Å². The van der Waals surface area contributed by atoms with Crippen LogP contribution in [0.3, 0.4) is 0 Å². The van der Waals surface area contributed by atoms with Crippen LogP contribution in [-0.2, 0) is 11.3 Å². The Morgan fingerprint density at radius 1 is 1.07 bits per heavy atom. The number of nitrogens with one attached hydrogen (secondary N) is 1. The number of hydrogen-bond donors (Lipinski definition) is 4. The van der Waals surface area contributed by atoms with E-state index in [9.17, 15) is 33.0 Å². The van der Waals surface area contributed by atoms with E-state index in [1.165, 1.54) is 0 Å². The Bertz CT molecular complexity index is 874. The molecule has 0 bridgehead atoms. The SMILES string of the molecule is O=C(NCC(O)C(O)c1ccc(C(=O)O)c(OC(F)(F)F)c1)OCc1ccccc1. The predicted molar refractivity (Wildman–Crippen MR) is 95.7 cm³/mol. The number of aliphatic hydroxyl groups is 2. The fraction of sp³-hybridized carbons (Fsp3) is 0.263. The van der Waals surface area contributed by atoms with Crippen LogP contribution in [0.15, 0.2) is 48.5 Å². The van der Waals surface area contributed by atoms with Crippen LogP contribution in [0.4, 0.5) is 18.0 Å². The lowest BCUT2D eigenvalue weighted by Crippen LogP contribution is -2.35. The number of rotatable bonds is 8. The molecule has 8 nitrogen and oxygen atoms in total. The number of hydrogen-bond acceptors (Lipinski definition) is 6. The van der Waals surface area contributed by atoms with Gasteiger partial charge in [0.05, 0.1) is 0 Å². The monoisotopic (exact) mass is 429 g/mol. The van der Waals surface area contributed by atoms with Gasteiger partial charge >= 0.3 is 18.4 Å². The molecule has 162 valence electrons. The first-order chi connectivity index (χ1) is 14.1. The molecule has 0 aromatic heterocycles. The van der Waals surface area contributed by atoms with Crippen molar-refractivity contribution in [1.29, 1.82) is 0 Å². The second-order valence-corrected chi connectivity index (χ2v) is 6.06. The van der Waals surface area contributed by atoms with Crippen molar-refractivity contribution in [3.8, 4) is 5.75 Å². The van der Waals surface area contributed by atoms with Gasteiger partial charge in [0.25, 0.3) is 0 Å². The number of ether oxygens (including phenoxy) is 2. The number of carboxylic acid groups (broad SMARTS) is 1. The zero-order chi connectivity index (χ0) is 22.3. The summed E-state index contributed by atoms with van der Waals surface area (Å²) in [5.74, 6) is -2.72. The van der Waals surface area contributed by atoms with Gasteiger partial charge in [0, 0.05) is 6.54 Å². The van der Waals surface area contributed by atoms with E-state index in [0.29, 0.717) is 6.07 Å². The van der Waals surface area contributed by atoms with Crippen LogP contribution < -0.4 is 10.1 Å². The number of aromatic carboxylic acids is 1. The molecule has 0 aliphatic heterocycles. The van der Waals surface area contributed by atoms with E-state index in [0.717, 1.165) is 17.7 Å². The highest BCUT2D eigenvalue weighted by molar-refractivity contribution is 5.91. The van der Waals surface area contributed by atoms with E-state index in [1.54, 1.807) is 30.3 Å². The van der Waals surface area contributed by atoms with Crippen LogP contribution in [-0.4, -0.2) is 46.4 Å². The van der Waals surface area contributed by atoms with Crippen LogP contribution in [0.25, 0.3) is 0 Å². The minimum Gasteiger partial charge on any atom is -0.478 e. The lowest BCUT2D eigenvalue weighted by atomic mass is 10.0. The zero-order valence-electron chi connectivity index (χ0n) is 15.3. The maximum absolute atomic E-state index is 12.5. The minimum absolute atomic E-state index is 0.0277. The molecule has 0 heterocycles. The topological polar surface area (TPSA) is 125 Å². The molecule has 0 saturated carbocycles. The first kappa shape index (κ1) is 23.0. The molecule has 2 aromatic carbocycles. The molecule has 4 N–H and O–H groups in total. The fourth-order valence-electron chi connectivity index (χ4n) is 2.40. The summed E-state index contributed by atoms with van der Waals surface area (Å²) in [5.41, 5.74) is -0.296. The number of alkyl halides is 3. The van der Waals surface area contributed by atoms with Gasteiger partial charge in [0.1, 0.15) is 30.1 Å². The van der Waals surface area contributed by atoms with Crippen molar-refractivity contribution in [3.05, 3.63) is 65.2 Å². The third-order valence-electron chi connectivity index (χ3n) is 3.84. The van der Waals surface area contributed by atoms with Gasteiger partial charge in [-0.15, -0.1) is 13.2 Å². The Morgan fingerprint density at radius 2 is 1.73 bits per heavy atom. The number of carboxylic acids is 1. The van der Waals surface area contributed by atoms with E-state index in [2.05, 4.69) is 10.1 Å². The summed E-state index contributed by atoms with van der Waals surface area (Å²) < 4.78 is 46.1. The molecule has 0 aliphatic carbocycles. The number of aliphatic hydroxyl groups excluding tert-OH is 2. The number of halogens is 3. The Labute approximate surface area is 168 Å². The third kappa shape index (κ3) is 6.94. The van der Waals surface area contributed by atoms with Crippen LogP contribution >= 0.6 is 0 Å². The third-order valence-corrected chi connectivity index (χ3v) is 3.84. The van der Waals surface area contributed by atoms with Gasteiger partial charge in [-0.1, -0.05) is 36.4 Å². The number of carbonyl (C=O) groups excluding carboxylic acids is 1. The molecule has 30 heavy (non-hydrogen) atoms. The molecular formula is C19H18F3NO7. The van der Waals surface area contributed by atoms with E-state index in [1.807, 2.05) is 0 Å². The van der Waals surface area contributed by atoms with E-state index >= 15 is 0 Å². The predicted octanol–water partition coefficient (Wildman–Crippen LogP) is 2.60. The summed E-state index contributed by atoms with van der Waals surface area (Å²) >= 11 is 0. The van der Waals surface area contributed by atoms with Crippen molar-refractivity contribution in [2.45, 2.75) is 25.2 Å². The standard InChI is InChI=1S/C19H18F3NO7/c20-19(21,22)30-15-8-12(6-7-13(15)17(26)27)16(25)14(24)9-23-18(28)29-10-11-4-2-1-3-5-11/h1-8,14,16,24-25H,9-10H2,(H,23,28)(H,26,27). The number of alkyl carbamates (subject to hydrolysis) is 1. The maximum atomic E-state index is 12.5. The van der Waals surface area contributed by atoms with Crippen molar-refractivity contribution >= 4 is 12.1 Å². The Kier molecular flexibility index (Phi) is 7.61. The van der Waals surface area contributed by atoms with Crippen LogP contribution in [0.1, 0.15) is 27.6 Å². The van der Waals surface area contributed by atoms with Gasteiger partial charge in [-0.3, -0.25) is 0 Å². The van der Waals surface area contributed by atoms with Crippen LogP contribution in [0, 0.1) is 0 Å². The Balaban J connectivity index is 1.97. The lowest BCUT2D eigenvalue weighted by Gasteiger charge is -2.20. The largest absolute Gasteiger partial charge is 0.573 e. The molecule has 1 amide bonds. The van der Waals surface area contributed by atoms with Crippen molar-refractivity contribution in [2.24, 2.45) is 0 Å². The first-order valence-electron chi connectivity index (χ1n) is 8.50. The molecule has 2 atom stereocenters. The molecule has 11 heteroatoms. The Morgan fingerprint density at radius 3 is 2.33 bits per heavy atom. The van der Waals surface area contributed by atoms with Gasteiger partial charge in [0.15, 0.2) is 0 Å². The summed E-state index contributed by atoms with van der Waals surface area (Å²) in [7, 11) is 0. The molecule has 2 aromatic rings. The average Bonchev–Trinajstić information content (AvgIpc) is 2.69. The molecule has 0 aliphatic rings. The lowest BCUT2D eigenvalue weighted by molar-refractivity contribution is -0.274. The highest BCUT2D eigenvalue weighted by Crippen LogP contribution is 2.30. The van der Waals surface area contributed by atoms with Gasteiger partial charge in [0.2, 0.25) is 0 Å². The van der Waals surface area contributed by atoms with E-state index in [-0.39, 0.29) is 12.2 Å². The summed E-state index contributed by atoms with van der Waals surface area (Å²) in [4.78, 5) is 22.7. The molecule has 0 radical (unpaired) electrons. The van der Waals surface area contributed by atoms with Gasteiger partial charge in [-0.25, -0.2) is 9.59 Å². The smallest absolute Gasteiger partial charge is 0.478 e. The first-order valence-corrected chi connectivity index (χ1v) is 8.50. The Hall–Kier alpha value is -3.31. The molecule has 0 saturated heterocycles. The van der Waals surface area contributed by atoms with Crippen LogP contribution in [0.2, 0.25) is 0 Å². The van der Waals surface area contributed by atoms with Crippen molar-refractivity contribution in [2.75, 3.05) is 6.54 Å². The molecule has 0 spiro atoms. The number of amides is 1. The zero-order valence-corrected chi connectivity index (χ0v) is 15.3. The van der Waals surface area contributed by atoms with Crippen molar-refractivity contribution in [1.82, 2.24) is 5.32 Å². The highest BCUT2D eigenvalue weighted by Gasteiger charge is 2.33.